The van der Waals surface area contributed by atoms with E-state index in [0.29, 0.717) is 5.69 Å². The molecular formula is C10H8N2O3. The zero-order valence-corrected chi connectivity index (χ0v) is 7.65. The monoisotopic (exact) mass is 204 g/mol. The number of carbonyl (C=O) groups is 2. The number of aromatic carboxylic acids is 1. The van der Waals surface area contributed by atoms with Crippen LogP contribution in [0.1, 0.15) is 15.9 Å². The summed E-state index contributed by atoms with van der Waals surface area (Å²) in [6.45, 7) is 0. The summed E-state index contributed by atoms with van der Waals surface area (Å²) in [5.74, 6) is 2.45. The van der Waals surface area contributed by atoms with Gasteiger partial charge in [0.2, 0.25) is 0 Å². The van der Waals surface area contributed by atoms with Crippen LogP contribution in [0.25, 0.3) is 0 Å². The van der Waals surface area contributed by atoms with Crippen molar-refractivity contribution in [3.8, 4) is 11.8 Å². The highest BCUT2D eigenvalue weighted by atomic mass is 16.4. The topological polar surface area (TPSA) is 106 Å². The number of benzene rings is 1. The molecule has 5 N–H and O–H groups in total. The Kier molecular flexibility index (Phi) is 2.94. The summed E-state index contributed by atoms with van der Waals surface area (Å²) in [5, 5.41) is 8.82. The van der Waals surface area contributed by atoms with E-state index in [9.17, 15) is 9.59 Å². The third-order valence-electron chi connectivity index (χ3n) is 1.59. The van der Waals surface area contributed by atoms with Gasteiger partial charge in [0.25, 0.3) is 5.91 Å². The zero-order valence-electron chi connectivity index (χ0n) is 7.65. The van der Waals surface area contributed by atoms with E-state index in [4.69, 9.17) is 16.6 Å². The van der Waals surface area contributed by atoms with Crippen LogP contribution in [0.3, 0.4) is 0 Å². The van der Waals surface area contributed by atoms with Gasteiger partial charge in [-0.3, -0.25) is 4.79 Å². The van der Waals surface area contributed by atoms with Crippen molar-refractivity contribution in [2.24, 2.45) is 5.73 Å². The molecule has 15 heavy (non-hydrogen) atoms. The van der Waals surface area contributed by atoms with Gasteiger partial charge in [0.15, 0.2) is 0 Å². The maximum Gasteiger partial charge on any atom is 0.337 e. The third-order valence-corrected chi connectivity index (χ3v) is 1.59. The van der Waals surface area contributed by atoms with Crippen molar-refractivity contribution in [3.63, 3.8) is 0 Å². The minimum absolute atomic E-state index is 0.0521. The number of amides is 1. The summed E-state index contributed by atoms with van der Waals surface area (Å²) in [5.41, 5.74) is 10.7. The SMILES string of the molecule is NC(=O)C#Cc1ccc(N)cc1C(=O)O. The minimum Gasteiger partial charge on any atom is -0.478 e. The first kappa shape index (κ1) is 10.6. The summed E-state index contributed by atoms with van der Waals surface area (Å²) in [6.07, 6.45) is 0. The fraction of sp³-hybridized carbons (Fsp3) is 0. The van der Waals surface area contributed by atoms with Gasteiger partial charge < -0.3 is 16.6 Å². The highest BCUT2D eigenvalue weighted by molar-refractivity contribution is 5.95. The number of carboxylic acid groups (broad SMARTS) is 1. The number of nitrogens with two attached hydrogens (primary N) is 2. The Balaban J connectivity index is 3.25. The van der Waals surface area contributed by atoms with Gasteiger partial charge in [-0.15, -0.1) is 0 Å². The van der Waals surface area contributed by atoms with Crippen molar-refractivity contribution in [3.05, 3.63) is 29.3 Å². The van der Waals surface area contributed by atoms with Gasteiger partial charge in [-0.25, -0.2) is 4.79 Å². The Morgan fingerprint density at radius 3 is 2.53 bits per heavy atom. The molecule has 76 valence electrons. The molecule has 5 nitrogen and oxygen atoms in total. The van der Waals surface area contributed by atoms with Gasteiger partial charge in [-0.1, -0.05) is 5.92 Å². The number of primary amides is 1. The number of carbonyl (C=O) groups excluding carboxylic acids is 1. The molecule has 0 bridgehead atoms. The summed E-state index contributed by atoms with van der Waals surface area (Å²) in [7, 11) is 0. The molecule has 0 heterocycles. The summed E-state index contributed by atoms with van der Waals surface area (Å²) < 4.78 is 0. The Labute approximate surface area is 85.7 Å². The number of rotatable bonds is 1. The fourth-order valence-electron chi connectivity index (χ4n) is 0.977. The zero-order chi connectivity index (χ0) is 11.4. The van der Waals surface area contributed by atoms with Crippen molar-refractivity contribution in [1.29, 1.82) is 0 Å². The molecule has 0 fully saturated rings. The molecule has 1 aromatic carbocycles. The quantitative estimate of drug-likeness (QED) is 0.435. The lowest BCUT2D eigenvalue weighted by Crippen LogP contribution is -2.07. The van der Waals surface area contributed by atoms with Crippen molar-refractivity contribution < 1.29 is 14.7 Å². The number of anilines is 1. The van der Waals surface area contributed by atoms with Crippen molar-refractivity contribution >= 4 is 17.6 Å². The Morgan fingerprint density at radius 2 is 2.00 bits per heavy atom. The Morgan fingerprint density at radius 1 is 1.33 bits per heavy atom. The molecule has 0 spiro atoms. The number of carboxylic acids is 1. The van der Waals surface area contributed by atoms with Crippen LogP contribution in [0.15, 0.2) is 18.2 Å². The van der Waals surface area contributed by atoms with Gasteiger partial charge >= 0.3 is 5.97 Å². The first-order valence-corrected chi connectivity index (χ1v) is 3.95. The van der Waals surface area contributed by atoms with Gasteiger partial charge in [-0.2, -0.15) is 0 Å². The van der Waals surface area contributed by atoms with Gasteiger partial charge in [0.05, 0.1) is 5.56 Å². The van der Waals surface area contributed by atoms with E-state index in [1.54, 1.807) is 0 Å². The molecule has 1 amide bonds. The van der Waals surface area contributed by atoms with Gasteiger partial charge in [0, 0.05) is 17.2 Å². The number of hydrogen-bond donors (Lipinski definition) is 3. The van der Waals surface area contributed by atoms with E-state index in [2.05, 4.69) is 11.8 Å². The van der Waals surface area contributed by atoms with E-state index in [1.165, 1.54) is 18.2 Å². The summed E-state index contributed by atoms with van der Waals surface area (Å²) >= 11 is 0. The highest BCUT2D eigenvalue weighted by Gasteiger charge is 2.08. The third kappa shape index (κ3) is 2.74. The van der Waals surface area contributed by atoms with E-state index < -0.39 is 11.9 Å². The van der Waals surface area contributed by atoms with Crippen LogP contribution in [0.4, 0.5) is 5.69 Å². The number of hydrogen-bond acceptors (Lipinski definition) is 3. The first-order chi connectivity index (χ1) is 7.00. The van der Waals surface area contributed by atoms with E-state index in [1.807, 2.05) is 0 Å². The molecule has 0 unspecified atom stereocenters. The molecule has 5 heteroatoms. The molecule has 0 aromatic heterocycles. The van der Waals surface area contributed by atoms with Gasteiger partial charge in [0.1, 0.15) is 0 Å². The predicted octanol–water partition coefficient (Wildman–Crippen LogP) is -0.196. The molecule has 0 aliphatic heterocycles. The lowest BCUT2D eigenvalue weighted by Gasteiger charge is -1.99. The first-order valence-electron chi connectivity index (χ1n) is 3.95. The smallest absolute Gasteiger partial charge is 0.337 e. The lowest BCUT2D eigenvalue weighted by atomic mass is 10.1. The highest BCUT2D eigenvalue weighted by Crippen LogP contribution is 2.12. The van der Waals surface area contributed by atoms with Crippen molar-refractivity contribution in [1.82, 2.24) is 0 Å². The molecule has 0 atom stereocenters. The van der Waals surface area contributed by atoms with E-state index >= 15 is 0 Å². The van der Waals surface area contributed by atoms with Crippen LogP contribution in [-0.4, -0.2) is 17.0 Å². The maximum absolute atomic E-state index is 10.8. The Hall–Kier alpha value is -2.48. The molecule has 0 aliphatic carbocycles. The van der Waals surface area contributed by atoms with E-state index in [0.717, 1.165) is 0 Å². The summed E-state index contributed by atoms with van der Waals surface area (Å²) in [6, 6.07) is 4.19. The van der Waals surface area contributed by atoms with Gasteiger partial charge in [-0.05, 0) is 18.2 Å². The second-order valence-corrected chi connectivity index (χ2v) is 2.72. The van der Waals surface area contributed by atoms with Crippen LogP contribution in [-0.2, 0) is 4.79 Å². The molecule has 1 aromatic rings. The van der Waals surface area contributed by atoms with Crippen LogP contribution in [0.2, 0.25) is 0 Å². The average molecular weight is 204 g/mol. The molecule has 0 radical (unpaired) electrons. The average Bonchev–Trinajstić information content (AvgIpc) is 2.15. The van der Waals surface area contributed by atoms with Crippen molar-refractivity contribution in [2.75, 3.05) is 5.73 Å². The predicted molar refractivity (Wildman–Crippen MR) is 53.9 cm³/mol. The normalized spacial score (nSPS) is 8.80. The molecule has 0 saturated carbocycles. The molecule has 0 saturated heterocycles. The second kappa shape index (κ2) is 4.15. The minimum atomic E-state index is -1.16. The summed E-state index contributed by atoms with van der Waals surface area (Å²) in [4.78, 5) is 21.2. The lowest BCUT2D eigenvalue weighted by molar-refractivity contribution is -0.112. The molecule has 1 rings (SSSR count). The molecule has 0 aliphatic rings. The van der Waals surface area contributed by atoms with Crippen LogP contribution in [0.5, 0.6) is 0 Å². The van der Waals surface area contributed by atoms with E-state index in [-0.39, 0.29) is 11.1 Å². The molecular weight excluding hydrogens is 196 g/mol. The van der Waals surface area contributed by atoms with Crippen LogP contribution < -0.4 is 11.5 Å². The standard InChI is InChI=1S/C10H8N2O3/c11-7-3-1-6(2-4-9(12)13)8(5-7)10(14)15/h1,3,5H,11H2,(H2,12,13)(H,14,15). The largest absolute Gasteiger partial charge is 0.478 e. The Bertz CT molecular complexity index is 483. The van der Waals surface area contributed by atoms with Crippen molar-refractivity contribution in [2.45, 2.75) is 0 Å². The second-order valence-electron chi connectivity index (χ2n) is 2.72. The fourth-order valence-corrected chi connectivity index (χ4v) is 0.977. The van der Waals surface area contributed by atoms with Crippen LogP contribution in [0, 0.1) is 11.8 Å². The number of nitrogen functional groups attached to an aromatic ring is 1. The van der Waals surface area contributed by atoms with Crippen LogP contribution >= 0.6 is 0 Å². The maximum atomic E-state index is 10.8.